The summed E-state index contributed by atoms with van der Waals surface area (Å²) in [5.41, 5.74) is 4.66. The lowest BCUT2D eigenvalue weighted by Gasteiger charge is -2.39. The summed E-state index contributed by atoms with van der Waals surface area (Å²) in [6.07, 6.45) is 9.98. The highest BCUT2D eigenvalue weighted by molar-refractivity contribution is 5.97. The van der Waals surface area contributed by atoms with Crippen molar-refractivity contribution in [2.24, 2.45) is 0 Å². The van der Waals surface area contributed by atoms with Crippen LogP contribution >= 0.6 is 0 Å². The number of carbonyl (C=O) groups excluding carboxylic acids is 2. The minimum atomic E-state index is -1.58. The van der Waals surface area contributed by atoms with Crippen molar-refractivity contribution in [2.45, 2.75) is 91.8 Å². The summed E-state index contributed by atoms with van der Waals surface area (Å²) in [4.78, 5) is 25.9. The van der Waals surface area contributed by atoms with Crippen molar-refractivity contribution in [3.63, 3.8) is 0 Å². The first kappa shape index (κ1) is 28.2. The first-order valence-electron chi connectivity index (χ1n) is 13.3. The Hall–Kier alpha value is -3.34. The van der Waals surface area contributed by atoms with Crippen molar-refractivity contribution in [1.29, 1.82) is 0 Å². The number of rotatable bonds is 12. The predicted molar refractivity (Wildman–Crippen MR) is 147 cm³/mol. The van der Waals surface area contributed by atoms with Gasteiger partial charge in [0.25, 0.3) is 5.79 Å². The van der Waals surface area contributed by atoms with Crippen LogP contribution in [0.4, 0.5) is 0 Å². The maximum absolute atomic E-state index is 13.6. The number of aryl methyl sites for hydroxylation is 1. The molecule has 3 rings (SSSR count). The summed E-state index contributed by atoms with van der Waals surface area (Å²) in [6, 6.07) is 10.8. The molecule has 0 saturated carbocycles. The molecule has 0 aromatic heterocycles. The summed E-state index contributed by atoms with van der Waals surface area (Å²) in [5, 5.41) is 11.1. The van der Waals surface area contributed by atoms with E-state index in [-0.39, 0.29) is 18.0 Å². The van der Waals surface area contributed by atoms with Crippen LogP contribution in [0.2, 0.25) is 0 Å². The Bertz CT molecular complexity index is 1170. The number of hydrogen-bond donors (Lipinski definition) is 1. The van der Waals surface area contributed by atoms with Crippen molar-refractivity contribution in [2.75, 3.05) is 0 Å². The fourth-order valence-electron chi connectivity index (χ4n) is 4.70. The maximum Gasteiger partial charge on any atom is 0.345 e. The molecule has 0 spiro atoms. The van der Waals surface area contributed by atoms with Crippen molar-refractivity contribution in [1.82, 2.24) is 0 Å². The maximum atomic E-state index is 13.6. The van der Waals surface area contributed by atoms with Crippen LogP contribution in [-0.2, 0) is 28.2 Å². The lowest BCUT2D eigenvalue weighted by Crippen LogP contribution is -2.44. The highest BCUT2D eigenvalue weighted by atomic mass is 16.7. The molecular weight excluding hydrogens is 464 g/mol. The van der Waals surface area contributed by atoms with Crippen LogP contribution in [-0.4, -0.2) is 16.9 Å². The molecule has 0 bridgehead atoms. The zero-order chi connectivity index (χ0) is 27.0. The van der Waals surface area contributed by atoms with E-state index >= 15 is 0 Å². The largest absolute Gasteiger partial charge is 0.508 e. The van der Waals surface area contributed by atoms with Gasteiger partial charge in [0, 0.05) is 11.1 Å². The molecule has 198 valence electrons. The smallest absolute Gasteiger partial charge is 0.345 e. The quantitative estimate of drug-likeness (QED) is 0.182. The summed E-state index contributed by atoms with van der Waals surface area (Å²) in [7, 11) is 0. The molecule has 5 nitrogen and oxygen atoms in total. The standard InChI is InChI=1S/C32H40O5/c1-6-7-9-15-25-20-28(34)27(19-18-23(4)14-12-13-22(2)3)30-29(25)31(35)37-32(36-30,21-24(5)33)26-16-10-8-11-17-26/h8,10-11,13,16-18,20,34H,6-7,9,12,14-15,19,21H2,1-5H3/b23-18+. The van der Waals surface area contributed by atoms with E-state index in [2.05, 4.69) is 39.8 Å². The second kappa shape index (κ2) is 12.8. The lowest BCUT2D eigenvalue weighted by atomic mass is 9.92. The number of esters is 1. The minimum Gasteiger partial charge on any atom is -0.508 e. The molecule has 0 amide bonds. The zero-order valence-electron chi connectivity index (χ0n) is 22.9. The monoisotopic (exact) mass is 504 g/mol. The molecular formula is C32H40O5. The van der Waals surface area contributed by atoms with E-state index < -0.39 is 11.8 Å². The Morgan fingerprint density at radius 1 is 1.03 bits per heavy atom. The predicted octanol–water partition coefficient (Wildman–Crippen LogP) is 7.74. The Balaban J connectivity index is 2.10. The number of phenolic OH excluding ortho intramolecular Hbond substituents is 1. The molecule has 5 heteroatoms. The number of carbonyl (C=O) groups is 2. The number of ether oxygens (including phenoxy) is 2. The lowest BCUT2D eigenvalue weighted by molar-refractivity contribution is -0.172. The van der Waals surface area contributed by atoms with Crippen molar-refractivity contribution in [3.8, 4) is 11.5 Å². The van der Waals surface area contributed by atoms with Crippen molar-refractivity contribution < 1.29 is 24.2 Å². The van der Waals surface area contributed by atoms with Gasteiger partial charge < -0.3 is 14.6 Å². The number of aromatic hydroxyl groups is 1. The average Bonchev–Trinajstić information content (AvgIpc) is 2.83. The molecule has 2 aromatic rings. The topological polar surface area (TPSA) is 72.8 Å². The van der Waals surface area contributed by atoms with Gasteiger partial charge in [0.15, 0.2) is 0 Å². The first-order chi connectivity index (χ1) is 17.7. The highest BCUT2D eigenvalue weighted by Crippen LogP contribution is 2.46. The van der Waals surface area contributed by atoms with Crippen molar-refractivity contribution in [3.05, 3.63) is 82.0 Å². The van der Waals surface area contributed by atoms with Crippen LogP contribution in [0.3, 0.4) is 0 Å². The van der Waals surface area contributed by atoms with Gasteiger partial charge in [-0.25, -0.2) is 4.79 Å². The number of cyclic esters (lactones) is 1. The molecule has 1 atom stereocenters. The van der Waals surface area contributed by atoms with Gasteiger partial charge in [-0.05, 0) is 71.4 Å². The molecule has 0 saturated heterocycles. The van der Waals surface area contributed by atoms with Crippen LogP contribution in [0.25, 0.3) is 0 Å². The summed E-state index contributed by atoms with van der Waals surface area (Å²) in [5.74, 6) is -1.86. The van der Waals surface area contributed by atoms with Gasteiger partial charge in [-0.2, -0.15) is 0 Å². The van der Waals surface area contributed by atoms with Crippen LogP contribution in [0.5, 0.6) is 11.5 Å². The second-order valence-corrected chi connectivity index (χ2v) is 10.3. The third-order valence-corrected chi connectivity index (χ3v) is 6.66. The van der Waals surface area contributed by atoms with Crippen LogP contribution in [0.1, 0.15) is 100 Å². The van der Waals surface area contributed by atoms with Gasteiger partial charge >= 0.3 is 5.97 Å². The molecule has 2 aromatic carbocycles. The van der Waals surface area contributed by atoms with E-state index in [9.17, 15) is 14.7 Å². The number of ketones is 1. The van der Waals surface area contributed by atoms with Crippen molar-refractivity contribution >= 4 is 11.8 Å². The molecule has 0 fully saturated rings. The summed E-state index contributed by atoms with van der Waals surface area (Å²) >= 11 is 0. The fraction of sp³-hybridized carbons (Fsp3) is 0.438. The number of allylic oxidation sites excluding steroid dienone is 4. The third-order valence-electron chi connectivity index (χ3n) is 6.66. The molecule has 1 N–H and O–H groups in total. The minimum absolute atomic E-state index is 0.0954. The van der Waals surface area contributed by atoms with Crippen LogP contribution in [0, 0.1) is 0 Å². The normalized spacial score (nSPS) is 17.0. The molecule has 37 heavy (non-hydrogen) atoms. The molecule has 1 aliphatic rings. The number of hydrogen-bond acceptors (Lipinski definition) is 5. The molecule has 1 heterocycles. The summed E-state index contributed by atoms with van der Waals surface area (Å²) < 4.78 is 12.5. The van der Waals surface area contributed by atoms with Gasteiger partial charge in [-0.1, -0.05) is 73.4 Å². The number of Topliss-reactive ketones (excluding diaryl/α,β-unsaturated/α-hetero) is 1. The van der Waals surface area contributed by atoms with Crippen LogP contribution < -0.4 is 4.74 Å². The van der Waals surface area contributed by atoms with E-state index in [0.29, 0.717) is 40.8 Å². The van der Waals surface area contributed by atoms with Gasteiger partial charge in [0.05, 0.1) is 6.42 Å². The fourth-order valence-corrected chi connectivity index (χ4v) is 4.70. The zero-order valence-corrected chi connectivity index (χ0v) is 22.9. The molecule has 0 radical (unpaired) electrons. The Morgan fingerprint density at radius 2 is 1.76 bits per heavy atom. The number of benzene rings is 2. The van der Waals surface area contributed by atoms with Gasteiger partial charge in [0.2, 0.25) is 0 Å². The third kappa shape index (κ3) is 7.12. The number of unbranched alkanes of at least 4 members (excludes halogenated alkanes) is 2. The number of phenols is 1. The van der Waals surface area contributed by atoms with E-state index in [0.717, 1.165) is 32.1 Å². The highest BCUT2D eigenvalue weighted by Gasteiger charge is 2.47. The van der Waals surface area contributed by atoms with E-state index in [1.165, 1.54) is 18.1 Å². The van der Waals surface area contributed by atoms with E-state index in [1.807, 2.05) is 18.2 Å². The molecule has 1 aliphatic heterocycles. The molecule has 0 aliphatic carbocycles. The van der Waals surface area contributed by atoms with Gasteiger partial charge in [-0.15, -0.1) is 0 Å². The number of fused-ring (bicyclic) bond motifs is 1. The van der Waals surface area contributed by atoms with Gasteiger partial charge in [-0.3, -0.25) is 4.79 Å². The van der Waals surface area contributed by atoms with Gasteiger partial charge in [0.1, 0.15) is 22.8 Å². The molecule has 1 unspecified atom stereocenters. The second-order valence-electron chi connectivity index (χ2n) is 10.3. The van der Waals surface area contributed by atoms with E-state index in [4.69, 9.17) is 9.47 Å². The average molecular weight is 505 g/mol. The SMILES string of the molecule is CCCCCc1cc(O)c(C/C=C(\C)CCC=C(C)C)c2c1C(=O)OC(CC(C)=O)(c1ccccc1)O2. The van der Waals surface area contributed by atoms with Crippen LogP contribution in [0.15, 0.2) is 59.7 Å². The Labute approximate surface area is 221 Å². The Kier molecular flexibility index (Phi) is 9.73. The summed E-state index contributed by atoms with van der Waals surface area (Å²) in [6.45, 7) is 9.82. The first-order valence-corrected chi connectivity index (χ1v) is 13.3. The van der Waals surface area contributed by atoms with E-state index in [1.54, 1.807) is 18.2 Å². The Morgan fingerprint density at radius 3 is 2.41 bits per heavy atom.